The van der Waals surface area contributed by atoms with E-state index in [0.29, 0.717) is 24.5 Å². The van der Waals surface area contributed by atoms with Crippen molar-refractivity contribution in [2.45, 2.75) is 19.4 Å². The van der Waals surface area contributed by atoms with Gasteiger partial charge in [0.25, 0.3) is 5.91 Å². The van der Waals surface area contributed by atoms with Crippen LogP contribution in [0.25, 0.3) is 10.8 Å². The lowest BCUT2D eigenvalue weighted by molar-refractivity contribution is -0.0301. The van der Waals surface area contributed by atoms with E-state index in [1.165, 1.54) is 5.56 Å². The molecule has 1 atom stereocenters. The quantitative estimate of drug-likeness (QED) is 0.550. The van der Waals surface area contributed by atoms with Crippen molar-refractivity contribution in [3.63, 3.8) is 0 Å². The number of carbonyl (C=O) groups excluding carboxylic acids is 1. The maximum absolute atomic E-state index is 13.0. The van der Waals surface area contributed by atoms with Crippen LogP contribution in [0.2, 0.25) is 0 Å². The molecule has 1 amide bonds. The second-order valence-corrected chi connectivity index (χ2v) is 7.77. The predicted octanol–water partition coefficient (Wildman–Crippen LogP) is 4.43. The summed E-state index contributed by atoms with van der Waals surface area (Å²) in [5, 5.41) is 5.05. The third-order valence-electron chi connectivity index (χ3n) is 5.68. The van der Waals surface area contributed by atoms with Crippen molar-refractivity contribution in [3.05, 3.63) is 77.9 Å². The van der Waals surface area contributed by atoms with E-state index in [0.717, 1.165) is 43.4 Å². The number of hydrogen-bond donors (Lipinski definition) is 1. The number of nitrogens with zero attached hydrogens (tertiary/aromatic N) is 1. The van der Waals surface area contributed by atoms with E-state index in [9.17, 15) is 4.79 Å². The molecule has 0 saturated carbocycles. The van der Waals surface area contributed by atoms with Crippen molar-refractivity contribution in [2.75, 3.05) is 39.4 Å². The average Bonchev–Trinajstić information content (AvgIpc) is 2.82. The fraction of sp³-hybridized carbons (Fsp3) is 0.346. The summed E-state index contributed by atoms with van der Waals surface area (Å²) in [5.41, 5.74) is 1.84. The van der Waals surface area contributed by atoms with Gasteiger partial charge in [0.05, 0.1) is 24.9 Å². The molecule has 4 rings (SSSR count). The highest BCUT2D eigenvalue weighted by Crippen LogP contribution is 2.28. The summed E-state index contributed by atoms with van der Waals surface area (Å²) in [7, 11) is 0. The summed E-state index contributed by atoms with van der Waals surface area (Å²) in [5.74, 6) is 0.557. The Hall–Kier alpha value is -2.89. The Bertz CT molecular complexity index is 1010. The van der Waals surface area contributed by atoms with Crippen molar-refractivity contribution in [2.24, 2.45) is 0 Å². The van der Waals surface area contributed by atoms with E-state index >= 15 is 0 Å². The number of ether oxygens (including phenoxy) is 2. The molecule has 5 heteroatoms. The maximum Gasteiger partial charge on any atom is 0.255 e. The molecule has 3 aromatic carbocycles. The molecule has 1 heterocycles. The van der Waals surface area contributed by atoms with Gasteiger partial charge in [0, 0.05) is 26.2 Å². The van der Waals surface area contributed by atoms with E-state index in [1.807, 2.05) is 49.4 Å². The molecular weight excluding hydrogens is 388 g/mol. The van der Waals surface area contributed by atoms with Crippen molar-refractivity contribution >= 4 is 16.7 Å². The highest BCUT2D eigenvalue weighted by atomic mass is 16.5. The first-order chi connectivity index (χ1) is 15.3. The first-order valence-corrected chi connectivity index (χ1v) is 11.1. The van der Waals surface area contributed by atoms with Crippen LogP contribution in [0.5, 0.6) is 5.75 Å². The zero-order chi connectivity index (χ0) is 21.5. The second kappa shape index (κ2) is 10.4. The molecule has 31 heavy (non-hydrogen) atoms. The molecule has 1 fully saturated rings. The summed E-state index contributed by atoms with van der Waals surface area (Å²) >= 11 is 0. The van der Waals surface area contributed by atoms with Crippen molar-refractivity contribution < 1.29 is 14.3 Å². The summed E-state index contributed by atoms with van der Waals surface area (Å²) in [6.07, 6.45) is 1.01. The number of morpholine rings is 1. The Balaban J connectivity index is 1.33. The van der Waals surface area contributed by atoms with Crippen LogP contribution in [0.4, 0.5) is 0 Å². The fourth-order valence-electron chi connectivity index (χ4n) is 4.13. The lowest BCUT2D eigenvalue weighted by atomic mass is 10.0. The zero-order valence-corrected chi connectivity index (χ0v) is 18.0. The molecule has 1 saturated heterocycles. The highest BCUT2D eigenvalue weighted by Gasteiger charge is 2.21. The first kappa shape index (κ1) is 21.3. The van der Waals surface area contributed by atoms with Crippen LogP contribution in [0, 0.1) is 0 Å². The van der Waals surface area contributed by atoms with Gasteiger partial charge < -0.3 is 14.8 Å². The average molecular weight is 419 g/mol. The van der Waals surface area contributed by atoms with Crippen LogP contribution in [0.15, 0.2) is 66.7 Å². The second-order valence-electron chi connectivity index (χ2n) is 7.77. The van der Waals surface area contributed by atoms with Crippen LogP contribution in [-0.4, -0.2) is 50.2 Å². The summed E-state index contributed by atoms with van der Waals surface area (Å²) < 4.78 is 11.7. The monoisotopic (exact) mass is 418 g/mol. The molecule has 0 aliphatic carbocycles. The van der Waals surface area contributed by atoms with Gasteiger partial charge in [-0.3, -0.25) is 9.69 Å². The van der Waals surface area contributed by atoms with Gasteiger partial charge in [-0.1, -0.05) is 60.7 Å². The fourth-order valence-corrected chi connectivity index (χ4v) is 4.13. The Morgan fingerprint density at radius 3 is 2.74 bits per heavy atom. The Kier molecular flexibility index (Phi) is 7.18. The van der Waals surface area contributed by atoms with E-state index in [1.54, 1.807) is 0 Å². The van der Waals surface area contributed by atoms with Crippen LogP contribution < -0.4 is 10.1 Å². The van der Waals surface area contributed by atoms with Crippen molar-refractivity contribution in [1.82, 2.24) is 10.2 Å². The molecule has 5 nitrogen and oxygen atoms in total. The number of hydrogen-bond acceptors (Lipinski definition) is 4. The molecule has 1 unspecified atom stereocenters. The topological polar surface area (TPSA) is 50.8 Å². The number of benzene rings is 3. The maximum atomic E-state index is 13.0. The van der Waals surface area contributed by atoms with Crippen molar-refractivity contribution in [1.29, 1.82) is 0 Å². The molecule has 0 radical (unpaired) electrons. The highest BCUT2D eigenvalue weighted by molar-refractivity contribution is 6.09. The lowest BCUT2D eigenvalue weighted by Gasteiger charge is -2.33. The van der Waals surface area contributed by atoms with Gasteiger partial charge in [0.1, 0.15) is 5.75 Å². The minimum atomic E-state index is -0.0793. The lowest BCUT2D eigenvalue weighted by Crippen LogP contribution is -2.39. The Labute approximate surface area is 184 Å². The molecule has 0 spiro atoms. The van der Waals surface area contributed by atoms with E-state index in [4.69, 9.17) is 9.47 Å². The standard InChI is InChI=1S/C26H30N2O3/c1-2-30-23-14-13-20-9-6-7-12-22(20)25(23)26(29)27-15-8-16-28-17-18-31-24(19-28)21-10-4-3-5-11-21/h3-7,9-14,24H,2,8,15-19H2,1H3,(H,27,29). The molecule has 0 aromatic heterocycles. The van der Waals surface area contributed by atoms with E-state index in [2.05, 4.69) is 34.5 Å². The van der Waals surface area contributed by atoms with E-state index in [-0.39, 0.29) is 12.0 Å². The van der Waals surface area contributed by atoms with Crippen LogP contribution in [-0.2, 0) is 4.74 Å². The summed E-state index contributed by atoms with van der Waals surface area (Å²) in [4.78, 5) is 15.4. The first-order valence-electron chi connectivity index (χ1n) is 11.1. The van der Waals surface area contributed by atoms with Crippen LogP contribution >= 0.6 is 0 Å². The Morgan fingerprint density at radius 2 is 1.90 bits per heavy atom. The number of amides is 1. The molecular formula is C26H30N2O3. The number of rotatable bonds is 8. The SMILES string of the molecule is CCOc1ccc2ccccc2c1C(=O)NCCCN1CCOC(c2ccccc2)C1. The summed E-state index contributed by atoms with van der Waals surface area (Å²) in [6, 6.07) is 22.2. The van der Waals surface area contributed by atoms with Gasteiger partial charge in [-0.05, 0) is 35.7 Å². The number of carbonyl (C=O) groups is 1. The molecule has 1 aliphatic rings. The normalized spacial score (nSPS) is 16.9. The van der Waals surface area contributed by atoms with Gasteiger partial charge in [-0.15, -0.1) is 0 Å². The van der Waals surface area contributed by atoms with Crippen LogP contribution in [0.3, 0.4) is 0 Å². The van der Waals surface area contributed by atoms with Crippen molar-refractivity contribution in [3.8, 4) is 5.75 Å². The largest absolute Gasteiger partial charge is 0.493 e. The Morgan fingerprint density at radius 1 is 1.10 bits per heavy atom. The number of nitrogens with one attached hydrogen (secondary N) is 1. The smallest absolute Gasteiger partial charge is 0.255 e. The molecule has 1 N–H and O–H groups in total. The molecule has 1 aliphatic heterocycles. The van der Waals surface area contributed by atoms with Gasteiger partial charge >= 0.3 is 0 Å². The summed E-state index contributed by atoms with van der Waals surface area (Å²) in [6.45, 7) is 6.56. The molecule has 162 valence electrons. The van der Waals surface area contributed by atoms with Gasteiger partial charge in [-0.25, -0.2) is 0 Å². The minimum absolute atomic E-state index is 0.0793. The van der Waals surface area contributed by atoms with Gasteiger partial charge in [0.2, 0.25) is 0 Å². The van der Waals surface area contributed by atoms with Gasteiger partial charge in [-0.2, -0.15) is 0 Å². The minimum Gasteiger partial charge on any atom is -0.493 e. The molecule has 0 bridgehead atoms. The number of fused-ring (bicyclic) bond motifs is 1. The van der Waals surface area contributed by atoms with Gasteiger partial charge in [0.15, 0.2) is 0 Å². The van der Waals surface area contributed by atoms with E-state index < -0.39 is 0 Å². The van der Waals surface area contributed by atoms with Crippen LogP contribution in [0.1, 0.15) is 35.4 Å². The third-order valence-corrected chi connectivity index (χ3v) is 5.68. The third kappa shape index (κ3) is 5.24. The predicted molar refractivity (Wildman–Crippen MR) is 124 cm³/mol. The zero-order valence-electron chi connectivity index (χ0n) is 18.0. The molecule has 3 aromatic rings.